The number of ether oxygens (including phenoxy) is 1. The van der Waals surface area contributed by atoms with Crippen LogP contribution in [0.1, 0.15) is 81.9 Å². The molecule has 3 aromatic rings. The fourth-order valence-corrected chi connectivity index (χ4v) is 5.35. The number of aryl methyl sites for hydroxylation is 1. The molecule has 0 aliphatic carbocycles. The first-order valence-corrected chi connectivity index (χ1v) is 14.2. The first-order chi connectivity index (χ1) is 18.9. The summed E-state index contributed by atoms with van der Waals surface area (Å²) < 4.78 is 65.6. The highest BCUT2D eigenvalue weighted by molar-refractivity contribution is 5.71. The monoisotopic (exact) mass is 538 g/mol. The molecule has 1 aliphatic rings. The highest BCUT2D eigenvalue weighted by Gasteiger charge is 2.26. The minimum Gasteiger partial charge on any atom is -0.373 e. The van der Waals surface area contributed by atoms with Crippen molar-refractivity contribution < 1.29 is 22.3 Å². The molecule has 1 aliphatic heterocycles. The van der Waals surface area contributed by atoms with E-state index in [9.17, 15) is 8.78 Å². The third-order valence-electron chi connectivity index (χ3n) is 7.82. The standard InChI is InChI=1S/C34H38F4O/c1-3-5-6-7-8-9-10-11-26-17-18-27(32(36)31(26)35)24-13-15-25(16-14-24)28-19-20-29(34(38)33(28)37)30-21-12-23(4-2)22-39-30/h4,13-20,23,30H,2-3,5-12,21-22H2,1H3. The summed E-state index contributed by atoms with van der Waals surface area (Å²) in [6.07, 6.45) is 11.1. The molecule has 1 saturated heterocycles. The molecular formula is C34H38F4O. The molecule has 0 N–H and O–H groups in total. The molecule has 0 amide bonds. The molecule has 0 bridgehead atoms. The van der Waals surface area contributed by atoms with Crippen LogP contribution in [0.4, 0.5) is 17.6 Å². The number of rotatable bonds is 12. The lowest BCUT2D eigenvalue weighted by molar-refractivity contribution is -0.00732. The lowest BCUT2D eigenvalue weighted by atomic mass is 9.92. The lowest BCUT2D eigenvalue weighted by Gasteiger charge is -2.28. The van der Waals surface area contributed by atoms with E-state index >= 15 is 8.78 Å². The molecule has 3 aromatic carbocycles. The van der Waals surface area contributed by atoms with Gasteiger partial charge in [-0.3, -0.25) is 0 Å². The highest BCUT2D eigenvalue weighted by atomic mass is 19.2. The van der Waals surface area contributed by atoms with Gasteiger partial charge >= 0.3 is 0 Å². The van der Waals surface area contributed by atoms with Crippen molar-refractivity contribution >= 4 is 0 Å². The topological polar surface area (TPSA) is 9.23 Å². The summed E-state index contributed by atoms with van der Waals surface area (Å²) in [4.78, 5) is 0. The molecular weight excluding hydrogens is 500 g/mol. The molecule has 5 heteroatoms. The van der Waals surface area contributed by atoms with Crippen LogP contribution < -0.4 is 0 Å². The van der Waals surface area contributed by atoms with Crippen LogP contribution >= 0.6 is 0 Å². The molecule has 0 radical (unpaired) electrons. The zero-order valence-corrected chi connectivity index (χ0v) is 22.8. The van der Waals surface area contributed by atoms with Gasteiger partial charge in [0.15, 0.2) is 23.3 Å². The van der Waals surface area contributed by atoms with Gasteiger partial charge in [0, 0.05) is 22.6 Å². The molecule has 2 unspecified atom stereocenters. The van der Waals surface area contributed by atoms with Crippen molar-refractivity contribution in [2.75, 3.05) is 6.61 Å². The van der Waals surface area contributed by atoms with Gasteiger partial charge in [-0.05, 0) is 42.4 Å². The molecule has 208 valence electrons. The van der Waals surface area contributed by atoms with E-state index in [0.717, 1.165) is 25.7 Å². The largest absolute Gasteiger partial charge is 0.373 e. The summed E-state index contributed by atoms with van der Waals surface area (Å²) in [5.74, 6) is -3.32. The number of unbranched alkanes of at least 4 members (excludes halogenated alkanes) is 6. The fraction of sp³-hybridized carbons (Fsp3) is 0.412. The molecule has 1 heterocycles. The third kappa shape index (κ3) is 7.00. The summed E-state index contributed by atoms with van der Waals surface area (Å²) in [6.45, 7) is 6.39. The van der Waals surface area contributed by atoms with Crippen LogP contribution in [0, 0.1) is 29.2 Å². The predicted octanol–water partition coefficient (Wildman–Crippen LogP) is 10.5. The Labute approximate surface area is 229 Å². The Bertz CT molecular complexity index is 1240. The van der Waals surface area contributed by atoms with Gasteiger partial charge in [0.25, 0.3) is 0 Å². The van der Waals surface area contributed by atoms with Crippen LogP contribution in [0.2, 0.25) is 0 Å². The average Bonchev–Trinajstić information content (AvgIpc) is 2.96. The van der Waals surface area contributed by atoms with Gasteiger partial charge in [-0.1, -0.05) is 100 Å². The Morgan fingerprint density at radius 3 is 1.90 bits per heavy atom. The van der Waals surface area contributed by atoms with E-state index in [1.54, 1.807) is 48.5 Å². The van der Waals surface area contributed by atoms with Gasteiger partial charge < -0.3 is 4.74 Å². The highest BCUT2D eigenvalue weighted by Crippen LogP contribution is 2.36. The summed E-state index contributed by atoms with van der Waals surface area (Å²) in [6, 6.07) is 12.8. The minimum atomic E-state index is -0.943. The SMILES string of the molecule is C=CC1CCC(c2ccc(-c3ccc(-c4ccc(CCCCCCCCC)c(F)c4F)cc3)c(F)c2F)OC1. The number of benzene rings is 3. The molecule has 0 saturated carbocycles. The second kappa shape index (κ2) is 13.9. The first-order valence-electron chi connectivity index (χ1n) is 14.2. The van der Waals surface area contributed by atoms with Crippen molar-refractivity contribution in [3.8, 4) is 22.3 Å². The summed E-state index contributed by atoms with van der Waals surface area (Å²) in [5.41, 5.74) is 1.79. The van der Waals surface area contributed by atoms with Crippen molar-refractivity contribution in [1.82, 2.24) is 0 Å². The first kappa shape index (κ1) is 29.1. The quantitative estimate of drug-likeness (QED) is 0.127. The van der Waals surface area contributed by atoms with Crippen molar-refractivity contribution in [2.45, 2.75) is 77.2 Å². The Balaban J connectivity index is 1.43. The average molecular weight is 539 g/mol. The van der Waals surface area contributed by atoms with Gasteiger partial charge in [-0.25, -0.2) is 17.6 Å². The van der Waals surface area contributed by atoms with Crippen molar-refractivity contribution in [2.24, 2.45) is 5.92 Å². The van der Waals surface area contributed by atoms with E-state index in [1.165, 1.54) is 25.7 Å². The Morgan fingerprint density at radius 2 is 1.31 bits per heavy atom. The van der Waals surface area contributed by atoms with E-state index < -0.39 is 29.4 Å². The van der Waals surface area contributed by atoms with Crippen LogP contribution in [0.3, 0.4) is 0 Å². The van der Waals surface area contributed by atoms with E-state index in [4.69, 9.17) is 4.74 Å². The fourth-order valence-electron chi connectivity index (χ4n) is 5.35. The lowest BCUT2D eigenvalue weighted by Crippen LogP contribution is -2.20. The van der Waals surface area contributed by atoms with Gasteiger partial charge in [0.2, 0.25) is 0 Å². The van der Waals surface area contributed by atoms with Gasteiger partial charge in [0.1, 0.15) is 0 Å². The van der Waals surface area contributed by atoms with Gasteiger partial charge in [0.05, 0.1) is 12.7 Å². The van der Waals surface area contributed by atoms with Crippen LogP contribution in [-0.4, -0.2) is 6.61 Å². The van der Waals surface area contributed by atoms with E-state index in [0.29, 0.717) is 36.1 Å². The second-order valence-electron chi connectivity index (χ2n) is 10.6. The third-order valence-corrected chi connectivity index (χ3v) is 7.82. The zero-order chi connectivity index (χ0) is 27.8. The maximum absolute atomic E-state index is 15.1. The number of hydrogen-bond acceptors (Lipinski definition) is 1. The van der Waals surface area contributed by atoms with Gasteiger partial charge in [-0.15, -0.1) is 6.58 Å². The van der Waals surface area contributed by atoms with Crippen LogP contribution in [0.25, 0.3) is 22.3 Å². The molecule has 0 aromatic heterocycles. The second-order valence-corrected chi connectivity index (χ2v) is 10.6. The molecule has 2 atom stereocenters. The van der Waals surface area contributed by atoms with Crippen LogP contribution in [0.15, 0.2) is 61.2 Å². The van der Waals surface area contributed by atoms with Crippen molar-refractivity contribution in [1.29, 1.82) is 0 Å². The smallest absolute Gasteiger partial charge is 0.167 e. The minimum absolute atomic E-state index is 0.110. The Kier molecular flexibility index (Phi) is 10.4. The van der Waals surface area contributed by atoms with Crippen molar-refractivity contribution in [3.63, 3.8) is 0 Å². The summed E-state index contributed by atoms with van der Waals surface area (Å²) in [5, 5.41) is 0. The van der Waals surface area contributed by atoms with Gasteiger partial charge in [-0.2, -0.15) is 0 Å². The molecule has 39 heavy (non-hydrogen) atoms. The Hall–Kier alpha value is -2.92. The zero-order valence-electron chi connectivity index (χ0n) is 22.8. The number of halogens is 4. The van der Waals surface area contributed by atoms with E-state index in [2.05, 4.69) is 13.5 Å². The van der Waals surface area contributed by atoms with Crippen LogP contribution in [0.5, 0.6) is 0 Å². The summed E-state index contributed by atoms with van der Waals surface area (Å²) in [7, 11) is 0. The normalized spacial score (nSPS) is 17.4. The van der Waals surface area contributed by atoms with Crippen molar-refractivity contribution in [3.05, 3.63) is 95.6 Å². The molecule has 1 fully saturated rings. The maximum atomic E-state index is 15.1. The predicted molar refractivity (Wildman–Crippen MR) is 150 cm³/mol. The van der Waals surface area contributed by atoms with E-state index in [-0.39, 0.29) is 22.6 Å². The van der Waals surface area contributed by atoms with E-state index in [1.807, 2.05) is 6.08 Å². The maximum Gasteiger partial charge on any atom is 0.167 e. The molecule has 4 rings (SSSR count). The molecule has 1 nitrogen and oxygen atoms in total. The number of hydrogen-bond donors (Lipinski definition) is 0. The molecule has 0 spiro atoms. The van der Waals surface area contributed by atoms with Crippen LogP contribution in [-0.2, 0) is 11.2 Å². The summed E-state index contributed by atoms with van der Waals surface area (Å²) >= 11 is 0. The Morgan fingerprint density at radius 1 is 0.718 bits per heavy atom.